The maximum atomic E-state index is 11.8. The van der Waals surface area contributed by atoms with E-state index in [9.17, 15) is 9.90 Å². The molecule has 4 heteroatoms. The number of anilines is 1. The van der Waals surface area contributed by atoms with E-state index in [2.05, 4.69) is 30.4 Å². The first-order valence-corrected chi connectivity index (χ1v) is 7.16. The fraction of sp³-hybridized carbons (Fsp3) is 0.471. The van der Waals surface area contributed by atoms with Gasteiger partial charge >= 0.3 is 6.03 Å². The molecule has 21 heavy (non-hydrogen) atoms. The van der Waals surface area contributed by atoms with Gasteiger partial charge in [-0.2, -0.15) is 0 Å². The van der Waals surface area contributed by atoms with E-state index in [4.69, 9.17) is 6.42 Å². The number of rotatable bonds is 6. The number of carbonyl (C=O) groups is 1. The van der Waals surface area contributed by atoms with E-state index in [0.717, 1.165) is 6.42 Å². The van der Waals surface area contributed by atoms with Crippen LogP contribution in [0.3, 0.4) is 0 Å². The van der Waals surface area contributed by atoms with Crippen molar-refractivity contribution >= 4 is 11.7 Å². The molecule has 2 amide bonds. The monoisotopic (exact) mass is 288 g/mol. The third-order valence-electron chi connectivity index (χ3n) is 3.18. The molecule has 114 valence electrons. The fourth-order valence-corrected chi connectivity index (χ4v) is 1.82. The van der Waals surface area contributed by atoms with E-state index >= 15 is 0 Å². The summed E-state index contributed by atoms with van der Waals surface area (Å²) >= 11 is 0. The lowest BCUT2D eigenvalue weighted by molar-refractivity contribution is 0.0481. The normalized spacial score (nSPS) is 13.3. The quantitative estimate of drug-likeness (QED) is 0.705. The third kappa shape index (κ3) is 6.82. The summed E-state index contributed by atoms with van der Waals surface area (Å²) in [6, 6.07) is 6.70. The summed E-state index contributed by atoms with van der Waals surface area (Å²) in [4.78, 5) is 11.8. The molecule has 0 aliphatic heterocycles. The minimum Gasteiger partial charge on any atom is -0.388 e. The second-order valence-corrected chi connectivity index (χ2v) is 5.96. The average molecular weight is 288 g/mol. The summed E-state index contributed by atoms with van der Waals surface area (Å²) in [5, 5.41) is 15.6. The SMILES string of the molecule is C#Cc1cccc(NC(=O)NCC(C)(O)CCC(C)C)c1. The Bertz CT molecular complexity index is 516. The number of urea groups is 1. The number of hydrogen-bond donors (Lipinski definition) is 3. The molecule has 1 aromatic carbocycles. The van der Waals surface area contributed by atoms with E-state index < -0.39 is 5.60 Å². The van der Waals surface area contributed by atoms with E-state index in [0.29, 0.717) is 23.6 Å². The van der Waals surface area contributed by atoms with Crippen molar-refractivity contribution in [1.29, 1.82) is 0 Å². The molecule has 0 fully saturated rings. The Morgan fingerprint density at radius 2 is 2.19 bits per heavy atom. The molecule has 0 heterocycles. The van der Waals surface area contributed by atoms with Crippen molar-refractivity contribution in [2.45, 2.75) is 39.2 Å². The van der Waals surface area contributed by atoms with Gasteiger partial charge in [0.15, 0.2) is 0 Å². The molecule has 3 N–H and O–H groups in total. The highest BCUT2D eigenvalue weighted by Crippen LogP contribution is 2.15. The van der Waals surface area contributed by atoms with Crippen molar-refractivity contribution < 1.29 is 9.90 Å². The highest BCUT2D eigenvalue weighted by atomic mass is 16.3. The van der Waals surface area contributed by atoms with Gasteiger partial charge in [0, 0.05) is 17.8 Å². The zero-order chi connectivity index (χ0) is 15.9. The zero-order valence-corrected chi connectivity index (χ0v) is 12.9. The Labute approximate surface area is 127 Å². The van der Waals surface area contributed by atoms with Crippen LogP contribution in [0.25, 0.3) is 0 Å². The highest BCUT2D eigenvalue weighted by molar-refractivity contribution is 5.89. The van der Waals surface area contributed by atoms with Crippen LogP contribution in [-0.2, 0) is 0 Å². The molecule has 0 aliphatic carbocycles. The summed E-state index contributed by atoms with van der Waals surface area (Å²) in [5.41, 5.74) is 0.434. The standard InChI is InChI=1S/C17H24N2O2/c1-5-14-7-6-8-15(11-14)19-16(20)18-12-17(4,21)10-9-13(2)3/h1,6-8,11,13,21H,9-10,12H2,2-4H3,(H2,18,19,20). The Morgan fingerprint density at radius 3 is 2.81 bits per heavy atom. The van der Waals surface area contributed by atoms with Crippen LogP contribution in [-0.4, -0.2) is 23.3 Å². The number of amides is 2. The predicted octanol–water partition coefficient (Wildman–Crippen LogP) is 2.98. The van der Waals surface area contributed by atoms with Gasteiger partial charge < -0.3 is 15.7 Å². The number of aliphatic hydroxyl groups is 1. The maximum absolute atomic E-state index is 11.8. The summed E-state index contributed by atoms with van der Waals surface area (Å²) in [5.74, 6) is 3.04. The molecule has 1 aromatic rings. The molecule has 1 atom stereocenters. The highest BCUT2D eigenvalue weighted by Gasteiger charge is 2.21. The summed E-state index contributed by atoms with van der Waals surface area (Å²) in [7, 11) is 0. The molecular weight excluding hydrogens is 264 g/mol. The third-order valence-corrected chi connectivity index (χ3v) is 3.18. The Kier molecular flexibility index (Phi) is 6.26. The lowest BCUT2D eigenvalue weighted by atomic mass is 9.95. The van der Waals surface area contributed by atoms with Crippen LogP contribution in [0.15, 0.2) is 24.3 Å². The number of benzene rings is 1. The van der Waals surface area contributed by atoms with Crippen LogP contribution in [0, 0.1) is 18.3 Å². The molecule has 0 aliphatic rings. The smallest absolute Gasteiger partial charge is 0.319 e. The Hall–Kier alpha value is -1.99. The average Bonchev–Trinajstić information content (AvgIpc) is 2.43. The summed E-state index contributed by atoms with van der Waals surface area (Å²) in [6.07, 6.45) is 6.88. The van der Waals surface area contributed by atoms with E-state index in [-0.39, 0.29) is 12.6 Å². The molecule has 1 rings (SSSR count). The Balaban J connectivity index is 2.45. The van der Waals surface area contributed by atoms with E-state index in [1.54, 1.807) is 31.2 Å². The minimum atomic E-state index is -0.901. The first-order chi connectivity index (χ1) is 9.82. The van der Waals surface area contributed by atoms with Gasteiger partial charge in [-0.15, -0.1) is 6.42 Å². The van der Waals surface area contributed by atoms with Gasteiger partial charge in [-0.1, -0.05) is 25.8 Å². The van der Waals surface area contributed by atoms with E-state index in [1.165, 1.54) is 0 Å². The Morgan fingerprint density at radius 1 is 1.48 bits per heavy atom. The van der Waals surface area contributed by atoms with Gasteiger partial charge in [-0.05, 0) is 43.9 Å². The second kappa shape index (κ2) is 7.70. The van der Waals surface area contributed by atoms with Gasteiger partial charge in [-0.3, -0.25) is 0 Å². The molecule has 0 spiro atoms. The molecule has 4 nitrogen and oxygen atoms in total. The molecule has 0 radical (unpaired) electrons. The topological polar surface area (TPSA) is 61.4 Å². The van der Waals surface area contributed by atoms with Crippen molar-refractivity contribution in [3.63, 3.8) is 0 Å². The van der Waals surface area contributed by atoms with Crippen molar-refractivity contribution in [1.82, 2.24) is 5.32 Å². The molecule has 0 saturated carbocycles. The molecular formula is C17H24N2O2. The lowest BCUT2D eigenvalue weighted by Crippen LogP contribution is -2.42. The van der Waals surface area contributed by atoms with Gasteiger partial charge in [-0.25, -0.2) is 4.79 Å². The predicted molar refractivity (Wildman–Crippen MR) is 86.1 cm³/mol. The first-order valence-electron chi connectivity index (χ1n) is 7.16. The van der Waals surface area contributed by atoms with Crippen molar-refractivity contribution in [2.24, 2.45) is 5.92 Å². The van der Waals surface area contributed by atoms with Gasteiger partial charge in [0.2, 0.25) is 0 Å². The van der Waals surface area contributed by atoms with Crippen LogP contribution in [0.2, 0.25) is 0 Å². The maximum Gasteiger partial charge on any atom is 0.319 e. The molecule has 0 aromatic heterocycles. The fourth-order valence-electron chi connectivity index (χ4n) is 1.82. The van der Waals surface area contributed by atoms with Crippen LogP contribution in [0.1, 0.15) is 39.2 Å². The van der Waals surface area contributed by atoms with Crippen molar-refractivity contribution in [3.8, 4) is 12.3 Å². The zero-order valence-electron chi connectivity index (χ0n) is 12.9. The summed E-state index contributed by atoms with van der Waals surface area (Å²) < 4.78 is 0. The van der Waals surface area contributed by atoms with Crippen LogP contribution < -0.4 is 10.6 Å². The minimum absolute atomic E-state index is 0.209. The van der Waals surface area contributed by atoms with Gasteiger partial charge in [0.1, 0.15) is 0 Å². The van der Waals surface area contributed by atoms with Gasteiger partial charge in [0.05, 0.1) is 5.60 Å². The second-order valence-electron chi connectivity index (χ2n) is 5.96. The first kappa shape index (κ1) is 17.1. The summed E-state index contributed by atoms with van der Waals surface area (Å²) in [6.45, 7) is 6.15. The number of terminal acetylenes is 1. The van der Waals surface area contributed by atoms with Crippen LogP contribution >= 0.6 is 0 Å². The lowest BCUT2D eigenvalue weighted by Gasteiger charge is -2.24. The van der Waals surface area contributed by atoms with Crippen molar-refractivity contribution in [2.75, 3.05) is 11.9 Å². The van der Waals surface area contributed by atoms with Crippen molar-refractivity contribution in [3.05, 3.63) is 29.8 Å². The van der Waals surface area contributed by atoms with Crippen LogP contribution in [0.5, 0.6) is 0 Å². The molecule has 0 bridgehead atoms. The van der Waals surface area contributed by atoms with Crippen LogP contribution in [0.4, 0.5) is 10.5 Å². The van der Waals surface area contributed by atoms with E-state index in [1.807, 2.05) is 0 Å². The largest absolute Gasteiger partial charge is 0.388 e. The number of nitrogens with one attached hydrogen (secondary N) is 2. The number of hydrogen-bond acceptors (Lipinski definition) is 2. The molecule has 1 unspecified atom stereocenters. The van der Waals surface area contributed by atoms with Gasteiger partial charge in [0.25, 0.3) is 0 Å². The number of carbonyl (C=O) groups excluding carboxylic acids is 1. The molecule has 0 saturated heterocycles.